The van der Waals surface area contributed by atoms with Crippen molar-refractivity contribution in [1.29, 1.82) is 0 Å². The maximum atomic E-state index is 12.9. The van der Waals surface area contributed by atoms with Gasteiger partial charge in [-0.05, 0) is 0 Å². The fraction of sp³-hybridized carbons (Fsp3) is 0.250. The molecule has 0 aliphatic carbocycles. The standard InChI is InChI=1S/C8H9FN6/c1-15(2)4-12-7-5-6(11-3-10-5)13-8(9)14-7/h3-4H,1-2H3,(H,10,11,13,14). The molecule has 2 aromatic rings. The van der Waals surface area contributed by atoms with Gasteiger partial charge in [-0.25, -0.2) is 9.98 Å². The Morgan fingerprint density at radius 1 is 1.47 bits per heavy atom. The van der Waals surface area contributed by atoms with Crippen molar-refractivity contribution in [3.8, 4) is 0 Å². The summed E-state index contributed by atoms with van der Waals surface area (Å²) in [6.45, 7) is 0. The molecule has 78 valence electrons. The minimum atomic E-state index is -0.833. The highest BCUT2D eigenvalue weighted by atomic mass is 19.1. The summed E-state index contributed by atoms with van der Waals surface area (Å²) in [4.78, 5) is 19.5. The molecular weight excluding hydrogens is 199 g/mol. The molecule has 15 heavy (non-hydrogen) atoms. The van der Waals surface area contributed by atoms with Crippen molar-refractivity contribution in [1.82, 2.24) is 24.8 Å². The van der Waals surface area contributed by atoms with Crippen LogP contribution in [0.25, 0.3) is 11.2 Å². The van der Waals surface area contributed by atoms with Crippen LogP contribution in [0, 0.1) is 6.08 Å². The number of H-pyrrole nitrogens is 1. The van der Waals surface area contributed by atoms with Gasteiger partial charge in [0.25, 0.3) is 0 Å². The van der Waals surface area contributed by atoms with Crippen LogP contribution in [0.1, 0.15) is 0 Å². The second kappa shape index (κ2) is 3.60. The summed E-state index contributed by atoms with van der Waals surface area (Å²) in [6, 6.07) is 0. The first-order valence-corrected chi connectivity index (χ1v) is 4.24. The van der Waals surface area contributed by atoms with Crippen LogP contribution in [0.3, 0.4) is 0 Å². The van der Waals surface area contributed by atoms with Crippen molar-refractivity contribution in [2.75, 3.05) is 14.1 Å². The van der Waals surface area contributed by atoms with Crippen molar-refractivity contribution < 1.29 is 4.39 Å². The molecule has 0 bridgehead atoms. The molecule has 0 amide bonds. The topological polar surface area (TPSA) is 70.1 Å². The van der Waals surface area contributed by atoms with Crippen LogP contribution in [0.4, 0.5) is 10.2 Å². The minimum absolute atomic E-state index is 0.240. The Morgan fingerprint density at radius 3 is 3.00 bits per heavy atom. The number of fused-ring (bicyclic) bond motifs is 1. The van der Waals surface area contributed by atoms with E-state index in [2.05, 4.69) is 24.9 Å². The first kappa shape index (κ1) is 9.50. The third-order valence-corrected chi connectivity index (χ3v) is 1.65. The fourth-order valence-corrected chi connectivity index (χ4v) is 1.06. The molecule has 0 radical (unpaired) electrons. The normalized spacial score (nSPS) is 11.4. The van der Waals surface area contributed by atoms with Crippen LogP contribution >= 0.6 is 0 Å². The van der Waals surface area contributed by atoms with Gasteiger partial charge in [0.15, 0.2) is 11.5 Å². The Morgan fingerprint density at radius 2 is 2.27 bits per heavy atom. The lowest BCUT2D eigenvalue weighted by Crippen LogP contribution is -2.07. The molecule has 2 aromatic heterocycles. The first-order chi connectivity index (χ1) is 7.16. The monoisotopic (exact) mass is 208 g/mol. The zero-order valence-corrected chi connectivity index (χ0v) is 8.27. The number of aliphatic imine (C=N–C) groups is 1. The molecule has 0 aliphatic rings. The number of nitrogens with zero attached hydrogens (tertiary/aromatic N) is 5. The Kier molecular flexibility index (Phi) is 2.28. The number of nitrogens with one attached hydrogen (secondary N) is 1. The fourth-order valence-electron chi connectivity index (χ4n) is 1.06. The molecule has 0 aromatic carbocycles. The zero-order chi connectivity index (χ0) is 10.8. The summed E-state index contributed by atoms with van der Waals surface area (Å²) in [5.41, 5.74) is 0.794. The SMILES string of the molecule is CN(C)C=Nc1nc(F)nc2nc[nH]c12. The lowest BCUT2D eigenvalue weighted by atomic mass is 10.5. The highest BCUT2D eigenvalue weighted by molar-refractivity contribution is 5.82. The predicted molar refractivity (Wildman–Crippen MR) is 53.5 cm³/mol. The summed E-state index contributed by atoms with van der Waals surface area (Å²) in [6.07, 6.45) is 2.12. The van der Waals surface area contributed by atoms with Crippen LogP contribution in [0.5, 0.6) is 0 Å². The molecule has 0 fully saturated rings. The summed E-state index contributed by atoms with van der Waals surface area (Å²) in [5, 5.41) is 0. The van der Waals surface area contributed by atoms with E-state index in [4.69, 9.17) is 0 Å². The molecular formula is C8H9FN6. The zero-order valence-electron chi connectivity index (χ0n) is 8.27. The molecule has 0 spiro atoms. The minimum Gasteiger partial charge on any atom is -0.369 e. The van der Waals surface area contributed by atoms with E-state index >= 15 is 0 Å². The lowest BCUT2D eigenvalue weighted by molar-refractivity contribution is 0.544. The van der Waals surface area contributed by atoms with Crippen molar-refractivity contribution in [2.45, 2.75) is 0 Å². The highest BCUT2D eigenvalue weighted by Crippen LogP contribution is 2.18. The van der Waals surface area contributed by atoms with E-state index in [9.17, 15) is 4.39 Å². The number of aromatic nitrogens is 4. The predicted octanol–water partition coefficient (Wildman–Crippen LogP) is 0.713. The van der Waals surface area contributed by atoms with Crippen LogP contribution in [0.2, 0.25) is 0 Å². The number of hydrogen-bond acceptors (Lipinski definition) is 4. The smallest absolute Gasteiger partial charge is 0.312 e. The molecule has 0 unspecified atom stereocenters. The molecule has 1 N–H and O–H groups in total. The molecule has 2 rings (SSSR count). The summed E-state index contributed by atoms with van der Waals surface area (Å²) in [7, 11) is 3.62. The summed E-state index contributed by atoms with van der Waals surface area (Å²) in [5.74, 6) is 0.240. The van der Waals surface area contributed by atoms with Gasteiger partial charge >= 0.3 is 6.08 Å². The third-order valence-electron chi connectivity index (χ3n) is 1.65. The van der Waals surface area contributed by atoms with Crippen LogP contribution in [0.15, 0.2) is 11.3 Å². The Bertz CT molecular complexity index is 503. The average Bonchev–Trinajstić information content (AvgIpc) is 2.61. The molecule has 7 heteroatoms. The van der Waals surface area contributed by atoms with Crippen molar-refractivity contribution in [3.63, 3.8) is 0 Å². The maximum Gasteiger partial charge on any atom is 0.312 e. The van der Waals surface area contributed by atoms with Gasteiger partial charge in [0.05, 0.1) is 12.7 Å². The van der Waals surface area contributed by atoms with E-state index in [1.165, 1.54) is 12.7 Å². The number of halogens is 1. The van der Waals surface area contributed by atoms with Crippen molar-refractivity contribution in [3.05, 3.63) is 12.4 Å². The van der Waals surface area contributed by atoms with Crippen LogP contribution in [-0.2, 0) is 0 Å². The second-order valence-electron chi connectivity index (χ2n) is 3.13. The average molecular weight is 208 g/mol. The second-order valence-corrected chi connectivity index (χ2v) is 3.13. The molecule has 2 heterocycles. The maximum absolute atomic E-state index is 12.9. The van der Waals surface area contributed by atoms with Gasteiger partial charge in [-0.15, -0.1) is 0 Å². The Labute approximate surface area is 84.9 Å². The molecule has 0 saturated carbocycles. The van der Waals surface area contributed by atoms with Gasteiger partial charge < -0.3 is 9.88 Å². The van der Waals surface area contributed by atoms with Gasteiger partial charge in [0.2, 0.25) is 0 Å². The first-order valence-electron chi connectivity index (χ1n) is 4.24. The van der Waals surface area contributed by atoms with E-state index in [0.717, 1.165) is 0 Å². The largest absolute Gasteiger partial charge is 0.369 e. The van der Waals surface area contributed by atoms with Gasteiger partial charge in [0.1, 0.15) is 5.52 Å². The van der Waals surface area contributed by atoms with E-state index in [-0.39, 0.29) is 11.5 Å². The van der Waals surface area contributed by atoms with E-state index in [0.29, 0.717) is 5.52 Å². The number of imidazole rings is 1. The van der Waals surface area contributed by atoms with Crippen LogP contribution in [-0.4, -0.2) is 45.3 Å². The summed E-state index contributed by atoms with van der Waals surface area (Å²) < 4.78 is 12.9. The Hall–Kier alpha value is -2.05. The number of aromatic amines is 1. The van der Waals surface area contributed by atoms with Crippen molar-refractivity contribution >= 4 is 23.3 Å². The highest BCUT2D eigenvalue weighted by Gasteiger charge is 2.07. The van der Waals surface area contributed by atoms with Gasteiger partial charge in [-0.1, -0.05) is 0 Å². The van der Waals surface area contributed by atoms with E-state index in [1.54, 1.807) is 4.90 Å². The molecule has 0 aliphatic heterocycles. The van der Waals surface area contributed by atoms with Gasteiger partial charge in [-0.2, -0.15) is 14.4 Å². The third kappa shape index (κ3) is 1.90. The molecule has 0 atom stereocenters. The van der Waals surface area contributed by atoms with Crippen molar-refractivity contribution in [2.24, 2.45) is 4.99 Å². The Balaban J connectivity index is 2.53. The van der Waals surface area contributed by atoms with Gasteiger partial charge in [0, 0.05) is 14.1 Å². The quantitative estimate of drug-likeness (QED) is 0.448. The van der Waals surface area contributed by atoms with E-state index < -0.39 is 6.08 Å². The molecule has 6 nitrogen and oxygen atoms in total. The van der Waals surface area contributed by atoms with E-state index in [1.807, 2.05) is 14.1 Å². The van der Waals surface area contributed by atoms with Crippen LogP contribution < -0.4 is 0 Å². The lowest BCUT2D eigenvalue weighted by Gasteiger charge is -2.01. The van der Waals surface area contributed by atoms with Gasteiger partial charge in [-0.3, -0.25) is 0 Å². The molecule has 0 saturated heterocycles. The number of hydrogen-bond donors (Lipinski definition) is 1. The number of rotatable bonds is 2. The summed E-state index contributed by atoms with van der Waals surface area (Å²) >= 11 is 0.